The van der Waals surface area contributed by atoms with Crippen LogP contribution in [0.3, 0.4) is 0 Å². The third kappa shape index (κ3) is 2.85. The first-order chi connectivity index (χ1) is 13.1. The van der Waals surface area contributed by atoms with Crippen molar-refractivity contribution in [2.24, 2.45) is 22.9 Å². The molecular weight excluding hydrogens is 338 g/mol. The summed E-state index contributed by atoms with van der Waals surface area (Å²) in [6.07, 6.45) is 9.81. The Bertz CT molecular complexity index is 873. The fourth-order valence-electron chi connectivity index (χ4n) is 6.25. The van der Waals surface area contributed by atoms with E-state index in [-0.39, 0.29) is 5.56 Å². The van der Waals surface area contributed by atoms with Crippen molar-refractivity contribution in [3.8, 4) is 0 Å². The number of carbonyl (C=O) groups is 1. The molecule has 0 atom stereocenters. The summed E-state index contributed by atoms with van der Waals surface area (Å²) >= 11 is 0. The largest absolute Gasteiger partial charge is 0.340 e. The summed E-state index contributed by atoms with van der Waals surface area (Å²) in [7, 11) is 0. The lowest BCUT2D eigenvalue weighted by Gasteiger charge is -2.57. The second-order valence-electron chi connectivity index (χ2n) is 8.70. The summed E-state index contributed by atoms with van der Waals surface area (Å²) in [6.45, 7) is 0. The molecule has 4 aliphatic rings. The van der Waals surface area contributed by atoms with E-state index < -0.39 is 5.91 Å². The first-order valence-corrected chi connectivity index (χ1v) is 9.85. The number of hydrogen-bond donors (Lipinski definition) is 1. The van der Waals surface area contributed by atoms with E-state index in [4.69, 9.17) is 0 Å². The minimum absolute atomic E-state index is 0.202. The molecule has 0 saturated heterocycles. The third-order valence-corrected chi connectivity index (χ3v) is 6.90. The van der Waals surface area contributed by atoms with Crippen molar-refractivity contribution >= 4 is 17.4 Å². The Labute approximate surface area is 158 Å². The van der Waals surface area contributed by atoms with Crippen LogP contribution in [0.15, 0.2) is 47.8 Å². The van der Waals surface area contributed by atoms with Crippen LogP contribution in [0.2, 0.25) is 0 Å². The van der Waals surface area contributed by atoms with E-state index in [9.17, 15) is 9.70 Å². The monoisotopic (exact) mass is 361 g/mol. The van der Waals surface area contributed by atoms with Gasteiger partial charge in [-0.15, -0.1) is 4.91 Å². The number of hydrogen-bond acceptors (Lipinski definition) is 4. The van der Waals surface area contributed by atoms with Crippen LogP contribution >= 0.6 is 0 Å². The predicted octanol–water partition coefficient (Wildman–Crippen LogP) is 5.20. The number of anilines is 2. The fourth-order valence-corrected chi connectivity index (χ4v) is 6.25. The first kappa shape index (κ1) is 16.6. The minimum atomic E-state index is -0.803. The van der Waals surface area contributed by atoms with Crippen LogP contribution in [0.25, 0.3) is 0 Å². The average molecular weight is 361 g/mol. The topological polar surface area (TPSA) is 71.4 Å². The van der Waals surface area contributed by atoms with Gasteiger partial charge >= 0.3 is 5.91 Å². The molecule has 4 aliphatic carbocycles. The highest BCUT2D eigenvalue weighted by atomic mass is 16.3. The summed E-state index contributed by atoms with van der Waals surface area (Å²) in [4.78, 5) is 26.7. The van der Waals surface area contributed by atoms with Crippen LogP contribution < -0.4 is 5.32 Å². The van der Waals surface area contributed by atoms with Gasteiger partial charge in [0.1, 0.15) is 5.82 Å². The van der Waals surface area contributed by atoms with Gasteiger partial charge in [0.25, 0.3) is 0 Å². The molecule has 4 bridgehead atoms. The lowest BCUT2D eigenvalue weighted by atomic mass is 9.48. The third-order valence-electron chi connectivity index (χ3n) is 6.90. The zero-order valence-corrected chi connectivity index (χ0v) is 15.2. The van der Waals surface area contributed by atoms with Crippen LogP contribution in [-0.4, -0.2) is 10.9 Å². The van der Waals surface area contributed by atoms with Gasteiger partial charge in [-0.3, -0.25) is 4.79 Å². The number of nitroso groups, excluding NO2 is 1. The second-order valence-corrected chi connectivity index (χ2v) is 8.70. The molecule has 1 aromatic carbocycles. The molecule has 0 aliphatic heterocycles. The Morgan fingerprint density at radius 2 is 1.74 bits per heavy atom. The van der Waals surface area contributed by atoms with Crippen molar-refractivity contribution in [2.45, 2.75) is 43.9 Å². The molecule has 1 aromatic heterocycles. The van der Waals surface area contributed by atoms with E-state index in [0.717, 1.165) is 23.4 Å². The van der Waals surface area contributed by atoms with Crippen molar-refractivity contribution in [2.75, 3.05) is 5.32 Å². The zero-order chi connectivity index (χ0) is 18.4. The van der Waals surface area contributed by atoms with Crippen molar-refractivity contribution < 1.29 is 4.79 Å². The van der Waals surface area contributed by atoms with E-state index in [1.54, 1.807) is 18.3 Å². The van der Waals surface area contributed by atoms with Crippen molar-refractivity contribution in [3.05, 3.63) is 58.6 Å². The SMILES string of the molecule is O=NC(=O)c1cccnc1Nc1cccc(C23CC4CC(CC(C4)C2)C3)c1. The van der Waals surface area contributed by atoms with Crippen LogP contribution in [-0.2, 0) is 5.41 Å². The molecule has 27 heavy (non-hydrogen) atoms. The van der Waals surface area contributed by atoms with E-state index in [2.05, 4.69) is 33.7 Å². The Hall–Kier alpha value is -2.56. The minimum Gasteiger partial charge on any atom is -0.340 e. The molecule has 6 rings (SSSR count). The molecule has 1 N–H and O–H groups in total. The molecule has 0 unspecified atom stereocenters. The standard InChI is InChI=1S/C22H23N3O2/c26-21(25-27)19-5-2-6-23-20(19)24-18-4-1-3-17(10-18)22-11-14-7-15(12-22)9-16(8-14)13-22/h1-6,10,14-16H,7-9,11-13H2,(H,23,24). The molecule has 2 aromatic rings. The zero-order valence-electron chi connectivity index (χ0n) is 15.2. The highest BCUT2D eigenvalue weighted by Gasteiger charge is 2.51. The molecule has 1 heterocycles. The maximum atomic E-state index is 11.8. The summed E-state index contributed by atoms with van der Waals surface area (Å²) in [5.74, 6) is 2.26. The highest BCUT2D eigenvalue weighted by molar-refractivity contribution is 5.99. The number of nitrogens with zero attached hydrogens (tertiary/aromatic N) is 2. The molecular formula is C22H23N3O2. The van der Waals surface area contributed by atoms with E-state index in [0.29, 0.717) is 11.2 Å². The number of carbonyl (C=O) groups excluding carboxylic acids is 1. The van der Waals surface area contributed by atoms with Crippen molar-refractivity contribution in [1.29, 1.82) is 0 Å². The number of nitrogens with one attached hydrogen (secondary N) is 1. The molecule has 1 amide bonds. The molecule has 4 fully saturated rings. The van der Waals surface area contributed by atoms with Gasteiger partial charge in [0.15, 0.2) is 0 Å². The number of amides is 1. The normalized spacial score (nSPS) is 30.9. The number of benzene rings is 1. The Balaban J connectivity index is 1.46. The van der Waals surface area contributed by atoms with Crippen LogP contribution in [0.1, 0.15) is 54.4 Å². The highest BCUT2D eigenvalue weighted by Crippen LogP contribution is 2.60. The van der Waals surface area contributed by atoms with Gasteiger partial charge in [-0.1, -0.05) is 12.1 Å². The van der Waals surface area contributed by atoms with E-state index >= 15 is 0 Å². The fraction of sp³-hybridized carbons (Fsp3) is 0.455. The van der Waals surface area contributed by atoms with Crippen LogP contribution in [0, 0.1) is 22.7 Å². The molecule has 0 radical (unpaired) electrons. The number of rotatable bonds is 4. The maximum absolute atomic E-state index is 11.8. The van der Waals surface area contributed by atoms with Gasteiger partial charge in [0.05, 0.1) is 5.56 Å². The first-order valence-electron chi connectivity index (χ1n) is 9.85. The summed E-state index contributed by atoms with van der Waals surface area (Å²) in [6, 6.07) is 11.7. The van der Waals surface area contributed by atoms with Gasteiger partial charge in [-0.2, -0.15) is 0 Å². The van der Waals surface area contributed by atoms with E-state index in [1.165, 1.54) is 44.1 Å². The van der Waals surface area contributed by atoms with Gasteiger partial charge in [-0.25, -0.2) is 4.98 Å². The second kappa shape index (κ2) is 6.25. The predicted molar refractivity (Wildman–Crippen MR) is 104 cm³/mol. The van der Waals surface area contributed by atoms with Gasteiger partial charge in [-0.05, 0) is 91.5 Å². The Morgan fingerprint density at radius 3 is 2.41 bits per heavy atom. The van der Waals surface area contributed by atoms with Gasteiger partial charge in [0, 0.05) is 17.1 Å². The lowest BCUT2D eigenvalue weighted by molar-refractivity contribution is -0.00516. The average Bonchev–Trinajstić information content (AvgIpc) is 2.67. The molecule has 138 valence electrons. The van der Waals surface area contributed by atoms with Gasteiger partial charge < -0.3 is 5.32 Å². The van der Waals surface area contributed by atoms with Crippen molar-refractivity contribution in [3.63, 3.8) is 0 Å². The Kier molecular flexibility index (Phi) is 3.85. The van der Waals surface area contributed by atoms with Crippen LogP contribution in [0.4, 0.5) is 11.5 Å². The van der Waals surface area contributed by atoms with Crippen LogP contribution in [0.5, 0.6) is 0 Å². The Morgan fingerprint density at radius 1 is 1.04 bits per heavy atom. The smallest absolute Gasteiger partial charge is 0.320 e. The summed E-state index contributed by atoms with van der Waals surface area (Å²) < 4.78 is 0. The van der Waals surface area contributed by atoms with E-state index in [1.807, 2.05) is 6.07 Å². The molecule has 0 spiro atoms. The summed E-state index contributed by atoms with van der Waals surface area (Å²) in [5.41, 5.74) is 2.83. The summed E-state index contributed by atoms with van der Waals surface area (Å²) in [5, 5.41) is 5.77. The van der Waals surface area contributed by atoms with Crippen molar-refractivity contribution in [1.82, 2.24) is 4.98 Å². The number of pyridine rings is 1. The molecule has 5 nitrogen and oxygen atoms in total. The maximum Gasteiger partial charge on any atom is 0.320 e. The number of aromatic nitrogens is 1. The lowest BCUT2D eigenvalue weighted by Crippen LogP contribution is -2.48. The quantitative estimate of drug-likeness (QED) is 0.760. The van der Waals surface area contributed by atoms with Gasteiger partial charge in [0.2, 0.25) is 0 Å². The molecule has 5 heteroatoms. The molecule has 4 saturated carbocycles.